The lowest BCUT2D eigenvalue weighted by atomic mass is 10.1. The minimum Gasteiger partial charge on any atom is -0.756 e. The Morgan fingerprint density at radius 3 is 2.17 bits per heavy atom. The Labute approximate surface area is 422 Å². The molecule has 39 nitrogen and oxygen atoms in total. The summed E-state index contributed by atoms with van der Waals surface area (Å²) in [6, 6.07) is 0. The second-order valence-electron chi connectivity index (χ2n) is 16.3. The first-order chi connectivity index (χ1) is 35.7. The second kappa shape index (κ2) is 22.3. The molecule has 2 fully saturated rings. The number of nitrogens with two attached hydrogens (primary N) is 3. The number of anilines is 3. The number of aromatic nitrogens is 12. The van der Waals surface area contributed by atoms with Gasteiger partial charge in [-0.05, 0) is 0 Å². The van der Waals surface area contributed by atoms with Crippen LogP contribution in [-0.4, -0.2) is 169 Å². The van der Waals surface area contributed by atoms with Crippen molar-refractivity contribution in [1.82, 2.24) is 53.6 Å². The number of rotatable bonds is 24. The number of aryl methyl sites for hydroxylation is 1. The first-order valence-corrected chi connectivity index (χ1v) is 27.3. The number of hydrogen-bond donors (Lipinski definition) is 10. The van der Waals surface area contributed by atoms with Crippen molar-refractivity contribution in [3.63, 3.8) is 0 Å². The van der Waals surface area contributed by atoms with Gasteiger partial charge in [0.05, 0.1) is 52.7 Å². The van der Waals surface area contributed by atoms with Crippen LogP contribution < -0.4 is 42.7 Å². The van der Waals surface area contributed by atoms with E-state index in [-0.39, 0.29) is 51.2 Å². The molecule has 6 aromatic rings. The van der Waals surface area contributed by atoms with Gasteiger partial charge in [0.15, 0.2) is 41.4 Å². The predicted molar refractivity (Wildman–Crippen MR) is 242 cm³/mol. The molecule has 76 heavy (non-hydrogen) atoms. The number of nitrogens with one attached hydrogen (secondary N) is 2. The minimum absolute atomic E-state index is 0.00860. The zero-order chi connectivity index (χ0) is 55.2. The SMILES string of the molecule is COC[C@@H](O[C@@H](COP(=O)([O-])OC[C@H]1O[C@@H](n2cnc3c(=O)[nH]c(N)nc32)C(O)[C@H]1O)COP(=O)(O)OP(=O)(O)OP(=O)([O-])OC[C@H]1O[C@@H]([n+]2cn(C)c3c(=O)[nH]c(N)nc32)[C@@H](O)C1OC)n1cnc2c(N)ncnc21. The van der Waals surface area contributed by atoms with Crippen molar-refractivity contribution in [2.75, 3.05) is 64.5 Å². The topological polar surface area (TPSA) is 557 Å². The standard InChI is InChI=1S/C33H47N15O24P4/c1-45-12-48(27-19(45)29(53)44-33(36)42-27)31-22(51)23(63-3)15(70-31)7-67-75(58,59)72-76(60,61)71-74(56,57)65-5-13(68-16(8-62-2)46-10-39-17-24(34)37-9-38-25(17)46)4-64-73(54,55)66-6-14-20(49)21(50)30(69-14)47-11-40-18-26(47)41-32(35)43-28(18)52/h9-16,20-23,30-31,49-51H,4-8H2,1-3H3,(H11-,34,35,36,37,38,41,42,43,44,52,53,54,55,56,57,58,59,60,61)/p-1/t13-,14+,15+,16+,20-,21?,22-,23?,30+,31+/m0/s1. The number of H-pyrrole nitrogens is 2. The summed E-state index contributed by atoms with van der Waals surface area (Å²) >= 11 is 0. The zero-order valence-corrected chi connectivity index (χ0v) is 42.7. The van der Waals surface area contributed by atoms with E-state index in [0.717, 1.165) is 30.7 Å². The summed E-state index contributed by atoms with van der Waals surface area (Å²) in [7, 11) is -20.0. The highest BCUT2D eigenvalue weighted by Crippen LogP contribution is 2.66. The summed E-state index contributed by atoms with van der Waals surface area (Å²) < 4.78 is 112. The number of ether oxygens (including phenoxy) is 5. The first kappa shape index (κ1) is 57.0. The minimum atomic E-state index is -6.25. The van der Waals surface area contributed by atoms with E-state index in [9.17, 15) is 62.7 Å². The highest BCUT2D eigenvalue weighted by atomic mass is 31.3. The lowest BCUT2D eigenvalue weighted by Crippen LogP contribution is -2.46. The molecule has 0 bridgehead atoms. The van der Waals surface area contributed by atoms with E-state index in [1.807, 2.05) is 0 Å². The van der Waals surface area contributed by atoms with E-state index >= 15 is 0 Å². The Bertz CT molecular complexity index is 3410. The zero-order valence-electron chi connectivity index (χ0n) is 39.1. The number of aliphatic hydroxyl groups excluding tert-OH is 3. The number of hydrogen-bond acceptors (Lipinski definition) is 31. The van der Waals surface area contributed by atoms with Crippen molar-refractivity contribution in [3.8, 4) is 0 Å². The number of phosphoric ester groups is 3. The van der Waals surface area contributed by atoms with Crippen LogP contribution in [0.4, 0.5) is 17.7 Å². The Hall–Kier alpha value is -5.15. The Balaban J connectivity index is 0.918. The van der Waals surface area contributed by atoms with Gasteiger partial charge in [0.1, 0.15) is 54.6 Å². The summed E-state index contributed by atoms with van der Waals surface area (Å²) in [6.45, 7) is -4.99. The van der Waals surface area contributed by atoms with Gasteiger partial charge in [-0.3, -0.25) is 46.9 Å². The first-order valence-electron chi connectivity index (χ1n) is 21.4. The molecular weight excluding hydrogens is 1110 g/mol. The van der Waals surface area contributed by atoms with Crippen molar-refractivity contribution < 1.29 is 108 Å². The number of imidazole rings is 3. The lowest BCUT2D eigenvalue weighted by Gasteiger charge is -2.30. The van der Waals surface area contributed by atoms with Crippen LogP contribution in [0.1, 0.15) is 18.7 Å². The van der Waals surface area contributed by atoms with E-state index in [1.165, 1.54) is 34.2 Å². The molecule has 13 N–H and O–H groups in total. The molecule has 14 atom stereocenters. The van der Waals surface area contributed by atoms with E-state index in [4.69, 9.17) is 59.0 Å². The van der Waals surface area contributed by atoms with Crippen molar-refractivity contribution in [3.05, 3.63) is 46.0 Å². The average Bonchev–Trinajstić information content (AvgIpc) is 4.15. The van der Waals surface area contributed by atoms with Crippen LogP contribution in [0, 0.1) is 0 Å². The smallest absolute Gasteiger partial charge is 0.487 e. The third-order valence-electron chi connectivity index (χ3n) is 11.1. The molecule has 418 valence electrons. The Kier molecular flexibility index (Phi) is 16.7. The molecule has 6 unspecified atom stereocenters. The molecule has 0 aromatic carbocycles. The monoisotopic (exact) mass is 1160 g/mol. The molecule has 0 spiro atoms. The normalized spacial score (nSPS) is 26.1. The van der Waals surface area contributed by atoms with Crippen molar-refractivity contribution in [2.45, 2.75) is 61.4 Å². The molecule has 0 saturated carbocycles. The quantitative estimate of drug-likeness (QED) is 0.0200. The highest BCUT2D eigenvalue weighted by molar-refractivity contribution is 7.66. The highest BCUT2D eigenvalue weighted by Gasteiger charge is 2.50. The van der Waals surface area contributed by atoms with Gasteiger partial charge in [0, 0.05) is 14.2 Å². The van der Waals surface area contributed by atoms with Crippen LogP contribution in [0.2, 0.25) is 0 Å². The molecule has 8 rings (SSSR count). The summed E-state index contributed by atoms with van der Waals surface area (Å²) in [5.74, 6) is -0.678. The van der Waals surface area contributed by atoms with Crippen molar-refractivity contribution >= 4 is 82.5 Å². The van der Waals surface area contributed by atoms with Crippen LogP contribution in [0.15, 0.2) is 34.9 Å². The fourth-order valence-corrected chi connectivity index (χ4v) is 12.1. The van der Waals surface area contributed by atoms with E-state index in [1.54, 1.807) is 0 Å². The van der Waals surface area contributed by atoms with E-state index in [2.05, 4.69) is 48.5 Å². The van der Waals surface area contributed by atoms with Crippen LogP contribution in [0.25, 0.3) is 33.5 Å². The third kappa shape index (κ3) is 12.4. The van der Waals surface area contributed by atoms with Gasteiger partial charge in [0.25, 0.3) is 32.7 Å². The summed E-state index contributed by atoms with van der Waals surface area (Å²) in [5.41, 5.74) is 15.5. The maximum Gasteiger partial charge on any atom is 0.487 e. The van der Waals surface area contributed by atoms with E-state index < -0.39 is 137 Å². The molecule has 0 aliphatic carbocycles. The van der Waals surface area contributed by atoms with Gasteiger partial charge in [-0.2, -0.15) is 9.29 Å². The van der Waals surface area contributed by atoms with Gasteiger partial charge >= 0.3 is 21.3 Å². The van der Waals surface area contributed by atoms with Crippen LogP contribution in [-0.2, 0) is 75.7 Å². The number of methoxy groups -OCH3 is 2. The molecule has 0 radical (unpaired) electrons. The number of phosphoric acid groups is 4. The maximum absolute atomic E-state index is 13.2. The summed E-state index contributed by atoms with van der Waals surface area (Å²) in [4.78, 5) is 100. The lowest BCUT2D eigenvalue weighted by molar-refractivity contribution is -0.745. The fourth-order valence-electron chi connectivity index (χ4n) is 7.85. The number of nitrogen functional groups attached to an aromatic ring is 3. The largest absolute Gasteiger partial charge is 0.756 e. The number of nitrogens with zero attached hydrogens (tertiary/aromatic N) is 10. The fraction of sp³-hybridized carbons (Fsp3) is 0.545. The number of fused-ring (bicyclic) bond motifs is 3. The van der Waals surface area contributed by atoms with Crippen LogP contribution in [0.3, 0.4) is 0 Å². The predicted octanol–water partition coefficient (Wildman–Crippen LogP) is -5.07. The Morgan fingerprint density at radius 1 is 0.776 bits per heavy atom. The summed E-state index contributed by atoms with van der Waals surface area (Å²) in [5, 5.41) is 32.6. The second-order valence-corrected chi connectivity index (χ2v) is 22.3. The molecule has 2 aliphatic rings. The molecule has 43 heteroatoms. The van der Waals surface area contributed by atoms with Gasteiger partial charge < -0.3 is 89.3 Å². The van der Waals surface area contributed by atoms with Gasteiger partial charge in [-0.25, -0.2) is 37.9 Å². The molecule has 2 saturated heterocycles. The van der Waals surface area contributed by atoms with Crippen LogP contribution >= 0.6 is 31.3 Å². The molecule has 6 aromatic heterocycles. The maximum atomic E-state index is 13.2. The number of aliphatic hydroxyl groups is 3. The van der Waals surface area contributed by atoms with Crippen LogP contribution in [0.5, 0.6) is 0 Å². The van der Waals surface area contributed by atoms with Gasteiger partial charge in [-0.15, -0.1) is 0 Å². The third-order valence-corrected chi connectivity index (χ3v) is 16.3. The Morgan fingerprint density at radius 2 is 1.45 bits per heavy atom. The summed E-state index contributed by atoms with van der Waals surface area (Å²) in [6.07, 6.45) is -11.2. The molecular formula is C33H46N15O24P4-. The van der Waals surface area contributed by atoms with Gasteiger partial charge in [0.2, 0.25) is 17.7 Å². The van der Waals surface area contributed by atoms with Crippen molar-refractivity contribution in [2.24, 2.45) is 7.05 Å². The molecule has 8 heterocycles. The number of aromatic amines is 2. The average molecular weight is 1160 g/mol. The van der Waals surface area contributed by atoms with Crippen molar-refractivity contribution in [1.29, 1.82) is 0 Å². The van der Waals surface area contributed by atoms with E-state index in [0.29, 0.717) is 0 Å². The van der Waals surface area contributed by atoms with Gasteiger partial charge in [-0.1, -0.05) is 4.98 Å². The molecule has 2 aliphatic heterocycles. The molecule has 0 amide bonds.